The number of esters is 1. The molecule has 1 unspecified atom stereocenters. The molecule has 2 N–H and O–H groups in total. The third-order valence-electron chi connectivity index (χ3n) is 5.91. The van der Waals surface area contributed by atoms with Crippen LogP contribution in [0.15, 0.2) is 24.3 Å². The van der Waals surface area contributed by atoms with E-state index in [0.29, 0.717) is 37.4 Å². The molecule has 166 valence electrons. The fourth-order valence-electron chi connectivity index (χ4n) is 4.13. The van der Waals surface area contributed by atoms with Crippen LogP contribution < -0.4 is 5.32 Å². The SMILES string of the molecule is CCCCCC/C=C/[C@H]1[C@H](CNC)CC(=O)[C@@H]1C/C=C\CCC(C)(O)C(=O)OC. The van der Waals surface area contributed by atoms with Gasteiger partial charge in [-0.05, 0) is 64.5 Å². The third-order valence-corrected chi connectivity index (χ3v) is 5.91. The van der Waals surface area contributed by atoms with E-state index in [1.807, 2.05) is 19.2 Å². The average molecular weight is 408 g/mol. The van der Waals surface area contributed by atoms with E-state index in [9.17, 15) is 14.7 Å². The lowest BCUT2D eigenvalue weighted by atomic mass is 9.86. The molecule has 0 amide bonds. The van der Waals surface area contributed by atoms with Crippen molar-refractivity contribution < 1.29 is 19.4 Å². The van der Waals surface area contributed by atoms with Gasteiger partial charge in [-0.1, -0.05) is 50.5 Å². The van der Waals surface area contributed by atoms with E-state index in [1.165, 1.54) is 39.7 Å². The number of unbranched alkanes of at least 4 members (excludes halogenated alkanes) is 4. The molecule has 0 heterocycles. The molecule has 0 aromatic carbocycles. The number of ketones is 1. The Hall–Kier alpha value is -1.46. The van der Waals surface area contributed by atoms with Crippen LogP contribution in [0, 0.1) is 17.8 Å². The van der Waals surface area contributed by atoms with Gasteiger partial charge in [0.2, 0.25) is 0 Å². The van der Waals surface area contributed by atoms with Crippen molar-refractivity contribution in [2.75, 3.05) is 20.7 Å². The van der Waals surface area contributed by atoms with Crippen LogP contribution in [0.1, 0.15) is 71.6 Å². The standard InChI is InChI=1S/C24H41NO4/c1-5-6-7-8-9-11-14-20-19(18-25-3)17-22(26)21(20)15-12-10-13-16-24(2,28)23(27)29-4/h10-12,14,19-21,25,28H,5-9,13,15-18H2,1-4H3/b12-10-,14-11+/t19-,20-,21+,24?/m0/s1. The number of hydrogen-bond donors (Lipinski definition) is 2. The van der Waals surface area contributed by atoms with E-state index in [-0.39, 0.29) is 11.8 Å². The van der Waals surface area contributed by atoms with Crippen LogP contribution in [-0.2, 0) is 14.3 Å². The van der Waals surface area contributed by atoms with Crippen LogP contribution in [0.2, 0.25) is 0 Å². The maximum atomic E-state index is 12.6. The van der Waals surface area contributed by atoms with Crippen molar-refractivity contribution in [3.63, 3.8) is 0 Å². The molecule has 1 saturated carbocycles. The number of allylic oxidation sites excluding steroid dienone is 4. The first-order valence-corrected chi connectivity index (χ1v) is 11.2. The van der Waals surface area contributed by atoms with Gasteiger partial charge in [-0.15, -0.1) is 0 Å². The van der Waals surface area contributed by atoms with E-state index >= 15 is 0 Å². The quantitative estimate of drug-likeness (QED) is 0.256. The highest BCUT2D eigenvalue weighted by molar-refractivity contribution is 5.84. The van der Waals surface area contributed by atoms with E-state index in [0.717, 1.165) is 13.0 Å². The van der Waals surface area contributed by atoms with E-state index in [4.69, 9.17) is 0 Å². The second kappa shape index (κ2) is 13.7. The summed E-state index contributed by atoms with van der Waals surface area (Å²) in [5.41, 5.74) is -1.47. The molecule has 5 heteroatoms. The van der Waals surface area contributed by atoms with Gasteiger partial charge < -0.3 is 15.2 Å². The van der Waals surface area contributed by atoms with Crippen molar-refractivity contribution in [3.05, 3.63) is 24.3 Å². The normalized spacial score (nSPS) is 24.4. The molecule has 5 nitrogen and oxygen atoms in total. The summed E-state index contributed by atoms with van der Waals surface area (Å²) in [6.07, 6.45) is 16.9. The van der Waals surface area contributed by atoms with Crippen molar-refractivity contribution in [3.8, 4) is 0 Å². The number of Topliss-reactive ketones (excluding diaryl/α,β-unsaturated/α-hetero) is 1. The third kappa shape index (κ3) is 8.83. The van der Waals surface area contributed by atoms with E-state index < -0.39 is 11.6 Å². The molecule has 0 saturated heterocycles. The first kappa shape index (κ1) is 25.6. The predicted molar refractivity (Wildman–Crippen MR) is 118 cm³/mol. The van der Waals surface area contributed by atoms with Gasteiger partial charge in [-0.25, -0.2) is 4.79 Å². The van der Waals surface area contributed by atoms with E-state index in [1.54, 1.807) is 0 Å². The second-order valence-electron chi connectivity index (χ2n) is 8.46. The number of methoxy groups -OCH3 is 1. The van der Waals surface area contributed by atoms with E-state index in [2.05, 4.69) is 29.1 Å². The van der Waals surface area contributed by atoms with Gasteiger partial charge in [-0.2, -0.15) is 0 Å². The monoisotopic (exact) mass is 407 g/mol. The summed E-state index contributed by atoms with van der Waals surface area (Å²) in [7, 11) is 3.22. The highest BCUT2D eigenvalue weighted by Gasteiger charge is 2.39. The smallest absolute Gasteiger partial charge is 0.337 e. The predicted octanol–water partition coefficient (Wildman–Crippen LogP) is 4.20. The number of rotatable bonds is 14. The maximum Gasteiger partial charge on any atom is 0.337 e. The van der Waals surface area contributed by atoms with Gasteiger partial charge in [0.15, 0.2) is 5.60 Å². The van der Waals surface area contributed by atoms with Gasteiger partial charge in [0, 0.05) is 12.3 Å². The lowest BCUT2D eigenvalue weighted by Crippen LogP contribution is -2.35. The first-order valence-electron chi connectivity index (χ1n) is 11.2. The maximum absolute atomic E-state index is 12.6. The average Bonchev–Trinajstić information content (AvgIpc) is 2.98. The second-order valence-corrected chi connectivity index (χ2v) is 8.46. The minimum absolute atomic E-state index is 0.0256. The van der Waals surface area contributed by atoms with Crippen LogP contribution in [0.4, 0.5) is 0 Å². The number of aliphatic hydroxyl groups is 1. The van der Waals surface area contributed by atoms with Crippen molar-refractivity contribution in [2.45, 2.75) is 77.2 Å². The fraction of sp³-hybridized carbons (Fsp3) is 0.750. The molecule has 0 aromatic heterocycles. The lowest BCUT2D eigenvalue weighted by Gasteiger charge is -2.20. The first-order chi connectivity index (χ1) is 13.9. The summed E-state index contributed by atoms with van der Waals surface area (Å²) in [6, 6.07) is 0. The molecule has 29 heavy (non-hydrogen) atoms. The molecule has 0 spiro atoms. The highest BCUT2D eigenvalue weighted by atomic mass is 16.5. The van der Waals surface area contributed by atoms with Gasteiger partial charge in [0.05, 0.1) is 7.11 Å². The Bertz CT molecular complexity index is 553. The van der Waals surface area contributed by atoms with Crippen LogP contribution in [0.5, 0.6) is 0 Å². The highest BCUT2D eigenvalue weighted by Crippen LogP contribution is 2.37. The van der Waals surface area contributed by atoms with Crippen molar-refractivity contribution in [1.29, 1.82) is 0 Å². The number of ether oxygens (including phenoxy) is 1. The lowest BCUT2D eigenvalue weighted by molar-refractivity contribution is -0.160. The summed E-state index contributed by atoms with van der Waals surface area (Å²) < 4.78 is 4.61. The minimum Gasteiger partial charge on any atom is -0.467 e. The number of carbonyl (C=O) groups is 2. The minimum atomic E-state index is -1.47. The largest absolute Gasteiger partial charge is 0.467 e. The Morgan fingerprint density at radius 1 is 1.24 bits per heavy atom. The molecule has 1 aliphatic carbocycles. The van der Waals surface area contributed by atoms with Gasteiger partial charge in [0.1, 0.15) is 5.78 Å². The zero-order valence-electron chi connectivity index (χ0n) is 18.8. The van der Waals surface area contributed by atoms with Crippen LogP contribution in [-0.4, -0.2) is 43.2 Å². The Morgan fingerprint density at radius 3 is 2.66 bits per heavy atom. The zero-order valence-corrected chi connectivity index (χ0v) is 18.8. The molecule has 0 aromatic rings. The van der Waals surface area contributed by atoms with Gasteiger partial charge >= 0.3 is 5.97 Å². The molecule has 0 radical (unpaired) electrons. The van der Waals surface area contributed by atoms with Crippen molar-refractivity contribution >= 4 is 11.8 Å². The van der Waals surface area contributed by atoms with Gasteiger partial charge in [0.25, 0.3) is 0 Å². The fourth-order valence-corrected chi connectivity index (χ4v) is 4.13. The summed E-state index contributed by atoms with van der Waals surface area (Å²) in [6.45, 7) is 4.55. The van der Waals surface area contributed by atoms with Crippen molar-refractivity contribution in [1.82, 2.24) is 5.32 Å². The van der Waals surface area contributed by atoms with Crippen LogP contribution >= 0.6 is 0 Å². The Morgan fingerprint density at radius 2 is 2.00 bits per heavy atom. The molecule has 1 rings (SSSR count). The van der Waals surface area contributed by atoms with Gasteiger partial charge in [-0.3, -0.25) is 4.79 Å². The molecular formula is C24H41NO4. The number of carbonyl (C=O) groups excluding carboxylic acids is 2. The summed E-state index contributed by atoms with van der Waals surface area (Å²) in [4.78, 5) is 24.1. The van der Waals surface area contributed by atoms with Crippen molar-refractivity contribution in [2.24, 2.45) is 17.8 Å². The summed E-state index contributed by atoms with van der Waals surface area (Å²) in [5.74, 6) is 0.396. The molecule has 0 bridgehead atoms. The molecule has 0 aliphatic heterocycles. The Labute approximate surface area is 177 Å². The van der Waals surface area contributed by atoms with Crippen LogP contribution in [0.25, 0.3) is 0 Å². The molecule has 4 atom stereocenters. The number of hydrogen-bond acceptors (Lipinski definition) is 5. The molecule has 1 aliphatic rings. The zero-order chi connectivity index (χ0) is 21.7. The summed E-state index contributed by atoms with van der Waals surface area (Å²) >= 11 is 0. The molecular weight excluding hydrogens is 366 g/mol. The Balaban J connectivity index is 2.59. The topological polar surface area (TPSA) is 75.6 Å². The summed E-state index contributed by atoms with van der Waals surface area (Å²) in [5, 5.41) is 13.3. The number of nitrogens with one attached hydrogen (secondary N) is 1. The Kier molecular flexibility index (Phi) is 12.1. The van der Waals surface area contributed by atoms with Crippen LogP contribution in [0.3, 0.4) is 0 Å². The molecule has 1 fully saturated rings.